The van der Waals surface area contributed by atoms with Gasteiger partial charge in [-0.25, -0.2) is 0 Å². The molecule has 0 aromatic heterocycles. The van der Waals surface area contributed by atoms with E-state index >= 15 is 0 Å². The monoisotopic (exact) mass is 318 g/mol. The van der Waals surface area contributed by atoms with Crippen molar-refractivity contribution in [1.29, 1.82) is 0 Å². The van der Waals surface area contributed by atoms with Gasteiger partial charge in [0.05, 0.1) is 18.2 Å². The van der Waals surface area contributed by atoms with E-state index in [9.17, 15) is 0 Å². The average Bonchev–Trinajstić information content (AvgIpc) is 2.64. The molecule has 4 heteroatoms. The molecular formula is C19H30N2O2. The first-order valence-electron chi connectivity index (χ1n) is 9.12. The van der Waals surface area contributed by atoms with Crippen LogP contribution in [-0.4, -0.2) is 38.0 Å². The summed E-state index contributed by atoms with van der Waals surface area (Å²) >= 11 is 0. The third-order valence-corrected chi connectivity index (χ3v) is 5.03. The number of rotatable bonds is 6. The molecule has 0 bridgehead atoms. The van der Waals surface area contributed by atoms with Crippen molar-refractivity contribution in [1.82, 2.24) is 5.32 Å². The number of hydrogen-bond donors (Lipinski definition) is 2. The maximum Gasteiger partial charge on any atom is 0.0744 e. The van der Waals surface area contributed by atoms with Crippen LogP contribution in [0.3, 0.4) is 0 Å². The molecule has 0 aliphatic carbocycles. The van der Waals surface area contributed by atoms with Crippen LogP contribution in [0.25, 0.3) is 0 Å². The minimum atomic E-state index is -0.0266. The fourth-order valence-corrected chi connectivity index (χ4v) is 3.65. The van der Waals surface area contributed by atoms with Crippen LogP contribution in [-0.2, 0) is 9.47 Å². The van der Waals surface area contributed by atoms with Crippen LogP contribution < -0.4 is 11.1 Å². The van der Waals surface area contributed by atoms with Gasteiger partial charge in [-0.1, -0.05) is 30.3 Å². The molecule has 3 rings (SSSR count). The lowest BCUT2D eigenvalue weighted by Crippen LogP contribution is -2.49. The molecule has 2 heterocycles. The first kappa shape index (κ1) is 16.9. The molecule has 1 aromatic rings. The molecule has 3 N–H and O–H groups in total. The zero-order chi connectivity index (χ0) is 15.9. The van der Waals surface area contributed by atoms with Crippen molar-refractivity contribution in [3.05, 3.63) is 35.9 Å². The summed E-state index contributed by atoms with van der Waals surface area (Å²) in [5.74, 6) is 0. The lowest BCUT2D eigenvalue weighted by atomic mass is 9.91. The highest BCUT2D eigenvalue weighted by Gasteiger charge is 2.30. The largest absolute Gasteiger partial charge is 0.377 e. The van der Waals surface area contributed by atoms with Gasteiger partial charge in [0.15, 0.2) is 0 Å². The van der Waals surface area contributed by atoms with Gasteiger partial charge in [-0.2, -0.15) is 0 Å². The number of nitrogens with two attached hydrogens (primary N) is 1. The molecule has 2 fully saturated rings. The SMILES string of the molecule is NC(C1CCCCO1)C(NCC1CCCCO1)c1ccccc1. The molecule has 0 radical (unpaired) electrons. The Morgan fingerprint density at radius 3 is 2.39 bits per heavy atom. The van der Waals surface area contributed by atoms with Crippen molar-refractivity contribution in [2.45, 2.75) is 62.8 Å². The summed E-state index contributed by atoms with van der Waals surface area (Å²) in [4.78, 5) is 0. The molecule has 128 valence electrons. The first-order chi connectivity index (χ1) is 11.3. The number of ether oxygens (including phenoxy) is 2. The van der Waals surface area contributed by atoms with E-state index in [0.717, 1.165) is 39.0 Å². The van der Waals surface area contributed by atoms with E-state index in [-0.39, 0.29) is 18.2 Å². The maximum absolute atomic E-state index is 6.61. The Kier molecular flexibility index (Phi) is 6.46. The van der Waals surface area contributed by atoms with Crippen LogP contribution in [0.15, 0.2) is 30.3 Å². The Morgan fingerprint density at radius 1 is 1.00 bits per heavy atom. The Labute approximate surface area is 139 Å². The Hall–Kier alpha value is -0.940. The van der Waals surface area contributed by atoms with Crippen molar-refractivity contribution in [3.63, 3.8) is 0 Å². The molecule has 23 heavy (non-hydrogen) atoms. The van der Waals surface area contributed by atoms with Crippen LogP contribution in [0.1, 0.15) is 50.1 Å². The van der Waals surface area contributed by atoms with Crippen molar-refractivity contribution in [2.24, 2.45) is 5.73 Å². The highest BCUT2D eigenvalue weighted by molar-refractivity contribution is 5.21. The van der Waals surface area contributed by atoms with Gasteiger partial charge in [0, 0.05) is 25.8 Å². The predicted molar refractivity (Wildman–Crippen MR) is 92.3 cm³/mol. The summed E-state index contributed by atoms with van der Waals surface area (Å²) in [6.07, 6.45) is 7.49. The van der Waals surface area contributed by atoms with Crippen molar-refractivity contribution < 1.29 is 9.47 Å². The normalized spacial score (nSPS) is 28.2. The molecule has 4 atom stereocenters. The van der Waals surface area contributed by atoms with Crippen molar-refractivity contribution in [3.8, 4) is 0 Å². The Bertz CT molecular complexity index is 442. The Morgan fingerprint density at radius 2 is 1.74 bits per heavy atom. The lowest BCUT2D eigenvalue weighted by molar-refractivity contribution is -0.0124. The molecule has 2 aliphatic heterocycles. The summed E-state index contributed by atoms with van der Waals surface area (Å²) in [5, 5.41) is 3.67. The summed E-state index contributed by atoms with van der Waals surface area (Å²) in [6.45, 7) is 2.59. The number of nitrogens with one attached hydrogen (secondary N) is 1. The van der Waals surface area contributed by atoms with Crippen LogP contribution in [0, 0.1) is 0 Å². The molecule has 0 saturated carbocycles. The molecule has 2 aliphatic rings. The van der Waals surface area contributed by atoms with Gasteiger partial charge < -0.3 is 20.5 Å². The zero-order valence-electron chi connectivity index (χ0n) is 14.0. The summed E-state index contributed by atoms with van der Waals surface area (Å²) in [5.41, 5.74) is 7.85. The van der Waals surface area contributed by atoms with Crippen molar-refractivity contribution >= 4 is 0 Å². The smallest absolute Gasteiger partial charge is 0.0744 e. The van der Waals surface area contributed by atoms with Gasteiger partial charge >= 0.3 is 0 Å². The van der Waals surface area contributed by atoms with Gasteiger partial charge in [-0.05, 0) is 44.1 Å². The quantitative estimate of drug-likeness (QED) is 0.847. The first-order valence-corrected chi connectivity index (χ1v) is 9.12. The molecule has 4 nitrogen and oxygen atoms in total. The van der Waals surface area contributed by atoms with Crippen LogP contribution in [0.4, 0.5) is 0 Å². The molecule has 1 aromatic carbocycles. The van der Waals surface area contributed by atoms with Gasteiger partial charge in [-0.15, -0.1) is 0 Å². The number of benzene rings is 1. The lowest BCUT2D eigenvalue weighted by Gasteiger charge is -2.35. The third kappa shape index (κ3) is 4.77. The van der Waals surface area contributed by atoms with Crippen LogP contribution in [0.2, 0.25) is 0 Å². The Balaban J connectivity index is 1.65. The van der Waals surface area contributed by atoms with E-state index in [4.69, 9.17) is 15.2 Å². The highest BCUT2D eigenvalue weighted by atomic mass is 16.5. The van der Waals surface area contributed by atoms with Crippen LogP contribution >= 0.6 is 0 Å². The second-order valence-electron chi connectivity index (χ2n) is 6.77. The van der Waals surface area contributed by atoms with Gasteiger partial charge in [0.1, 0.15) is 0 Å². The van der Waals surface area contributed by atoms with E-state index in [1.807, 2.05) is 6.07 Å². The van der Waals surface area contributed by atoms with E-state index < -0.39 is 0 Å². The topological polar surface area (TPSA) is 56.5 Å². The predicted octanol–water partition coefficient (Wildman–Crippen LogP) is 2.78. The number of hydrogen-bond acceptors (Lipinski definition) is 4. The van der Waals surface area contributed by atoms with Gasteiger partial charge in [-0.3, -0.25) is 0 Å². The summed E-state index contributed by atoms with van der Waals surface area (Å²) in [6, 6.07) is 10.6. The van der Waals surface area contributed by atoms with E-state index in [1.54, 1.807) is 0 Å². The zero-order valence-corrected chi connectivity index (χ0v) is 14.0. The average molecular weight is 318 g/mol. The van der Waals surface area contributed by atoms with E-state index in [1.165, 1.54) is 24.8 Å². The minimum absolute atomic E-state index is 0.0266. The van der Waals surface area contributed by atoms with Crippen molar-refractivity contribution in [2.75, 3.05) is 19.8 Å². The minimum Gasteiger partial charge on any atom is -0.377 e. The maximum atomic E-state index is 6.61. The third-order valence-electron chi connectivity index (χ3n) is 5.03. The van der Waals surface area contributed by atoms with Gasteiger partial charge in [0.2, 0.25) is 0 Å². The molecule has 0 amide bonds. The molecule has 2 saturated heterocycles. The molecular weight excluding hydrogens is 288 g/mol. The fourth-order valence-electron chi connectivity index (χ4n) is 3.65. The molecule has 4 unspecified atom stereocenters. The second-order valence-corrected chi connectivity index (χ2v) is 6.77. The summed E-state index contributed by atoms with van der Waals surface area (Å²) < 4.78 is 11.8. The fraction of sp³-hybridized carbons (Fsp3) is 0.684. The standard InChI is InChI=1S/C19H30N2O2/c20-18(17-11-5-7-13-23-17)19(15-8-2-1-3-9-15)21-14-16-10-4-6-12-22-16/h1-3,8-9,16-19,21H,4-7,10-14,20H2. The van der Waals surface area contributed by atoms with Crippen LogP contribution in [0.5, 0.6) is 0 Å². The molecule has 0 spiro atoms. The van der Waals surface area contributed by atoms with Gasteiger partial charge in [0.25, 0.3) is 0 Å². The second kappa shape index (κ2) is 8.78. The highest BCUT2D eigenvalue weighted by Crippen LogP contribution is 2.25. The summed E-state index contributed by atoms with van der Waals surface area (Å²) in [7, 11) is 0. The van der Waals surface area contributed by atoms with E-state index in [2.05, 4.69) is 29.6 Å². The van der Waals surface area contributed by atoms with E-state index in [0.29, 0.717) is 6.10 Å².